The fraction of sp³-hybridized carbons (Fsp3) is 0.417. The molecule has 0 aromatic heterocycles. The molecule has 1 aromatic carbocycles. The number of aliphatic hydroxyl groups excluding tert-OH is 1. The first-order chi connectivity index (χ1) is 7.45. The maximum absolute atomic E-state index is 11.0. The number of hydrogen-bond donors (Lipinski definition) is 2. The highest BCUT2D eigenvalue weighted by molar-refractivity contribution is 5.70. The summed E-state index contributed by atoms with van der Waals surface area (Å²) in [5, 5.41) is 19.4. The van der Waals surface area contributed by atoms with E-state index in [0.29, 0.717) is 5.56 Å². The lowest BCUT2D eigenvalue weighted by Crippen LogP contribution is -2.08. The number of phenolic OH excluding ortho intramolecular Hbond substituents is 1. The molecule has 1 aromatic rings. The number of rotatable bonds is 3. The van der Waals surface area contributed by atoms with Gasteiger partial charge >= 0.3 is 5.97 Å². The van der Waals surface area contributed by atoms with E-state index in [9.17, 15) is 15.0 Å². The summed E-state index contributed by atoms with van der Waals surface area (Å²) in [5.41, 5.74) is 2.25. The van der Waals surface area contributed by atoms with Crippen molar-refractivity contribution in [1.29, 1.82) is 0 Å². The molecule has 0 heterocycles. The predicted octanol–water partition coefficient (Wildman–Crippen LogP) is 1.61. The summed E-state index contributed by atoms with van der Waals surface area (Å²) in [6, 6.07) is 3.25. The zero-order chi connectivity index (χ0) is 12.3. The van der Waals surface area contributed by atoms with Crippen LogP contribution in [-0.4, -0.2) is 23.3 Å². The first-order valence-electron chi connectivity index (χ1n) is 5.00. The molecule has 0 unspecified atom stereocenters. The van der Waals surface area contributed by atoms with Gasteiger partial charge in [-0.15, -0.1) is 0 Å². The van der Waals surface area contributed by atoms with E-state index >= 15 is 0 Å². The van der Waals surface area contributed by atoms with Crippen LogP contribution in [0.25, 0.3) is 0 Å². The van der Waals surface area contributed by atoms with Crippen LogP contribution in [0.5, 0.6) is 5.75 Å². The van der Waals surface area contributed by atoms with Crippen molar-refractivity contribution in [2.45, 2.75) is 26.4 Å². The molecule has 4 nitrogen and oxygen atoms in total. The number of aliphatic hydroxyl groups is 1. The fourth-order valence-corrected chi connectivity index (χ4v) is 1.44. The molecule has 0 aliphatic rings. The summed E-state index contributed by atoms with van der Waals surface area (Å²) >= 11 is 0. The van der Waals surface area contributed by atoms with Gasteiger partial charge in [-0.3, -0.25) is 4.79 Å². The van der Waals surface area contributed by atoms with Crippen molar-refractivity contribution >= 4 is 5.97 Å². The third-order valence-corrected chi connectivity index (χ3v) is 2.59. The van der Waals surface area contributed by atoms with E-state index in [2.05, 4.69) is 4.74 Å². The van der Waals surface area contributed by atoms with Gasteiger partial charge in [-0.25, -0.2) is 0 Å². The van der Waals surface area contributed by atoms with Crippen LogP contribution in [0.4, 0.5) is 0 Å². The molecule has 0 saturated carbocycles. The number of benzene rings is 1. The summed E-state index contributed by atoms with van der Waals surface area (Å²) in [6.07, 6.45) is -1.20. The van der Waals surface area contributed by atoms with Gasteiger partial charge in [-0.2, -0.15) is 0 Å². The average Bonchev–Trinajstić information content (AvgIpc) is 2.23. The van der Waals surface area contributed by atoms with E-state index in [4.69, 9.17) is 0 Å². The molecular weight excluding hydrogens is 208 g/mol. The Hall–Kier alpha value is -1.55. The highest BCUT2D eigenvalue weighted by atomic mass is 16.5. The second-order valence-corrected chi connectivity index (χ2v) is 3.79. The van der Waals surface area contributed by atoms with Gasteiger partial charge < -0.3 is 14.9 Å². The van der Waals surface area contributed by atoms with Crippen LogP contribution < -0.4 is 0 Å². The number of aromatic hydroxyl groups is 1. The number of esters is 1. The van der Waals surface area contributed by atoms with Crippen molar-refractivity contribution < 1.29 is 19.7 Å². The second-order valence-electron chi connectivity index (χ2n) is 3.79. The van der Waals surface area contributed by atoms with Gasteiger partial charge in [-0.05, 0) is 37.1 Å². The lowest BCUT2D eigenvalue weighted by molar-refractivity contribution is -0.142. The molecule has 0 aliphatic carbocycles. The second kappa shape index (κ2) is 4.99. The predicted molar refractivity (Wildman–Crippen MR) is 59.2 cm³/mol. The molecule has 4 heteroatoms. The van der Waals surface area contributed by atoms with Crippen LogP contribution in [0.3, 0.4) is 0 Å². The molecule has 0 fully saturated rings. The van der Waals surface area contributed by atoms with E-state index in [1.54, 1.807) is 12.1 Å². The molecule has 0 aliphatic heterocycles. The molecule has 1 atom stereocenters. The maximum atomic E-state index is 11.0. The van der Waals surface area contributed by atoms with Gasteiger partial charge in [0.05, 0.1) is 19.6 Å². The molecular formula is C12H16O4. The minimum Gasteiger partial charge on any atom is -0.508 e. The summed E-state index contributed by atoms with van der Waals surface area (Å²) in [5.74, 6) is -0.510. The standard InChI is InChI=1S/C12H16O4/c1-7-4-9(10(13)5-8(7)2)11(14)6-12(15)16-3/h4-5,11,13-14H,6H2,1-3H3/t11-/m1/s1. The third kappa shape index (κ3) is 2.73. The quantitative estimate of drug-likeness (QED) is 0.765. The van der Waals surface area contributed by atoms with Gasteiger partial charge in [0.15, 0.2) is 0 Å². The number of carbonyl (C=O) groups is 1. The number of carbonyl (C=O) groups excluding carboxylic acids is 1. The van der Waals surface area contributed by atoms with Gasteiger partial charge in [0.25, 0.3) is 0 Å². The Labute approximate surface area is 94.5 Å². The summed E-state index contributed by atoms with van der Waals surface area (Å²) in [7, 11) is 1.26. The Morgan fingerprint density at radius 1 is 1.38 bits per heavy atom. The summed E-state index contributed by atoms with van der Waals surface area (Å²) < 4.78 is 4.46. The number of hydrogen-bond acceptors (Lipinski definition) is 4. The van der Waals surface area contributed by atoms with Crippen LogP contribution in [0.1, 0.15) is 29.2 Å². The third-order valence-electron chi connectivity index (χ3n) is 2.59. The van der Waals surface area contributed by atoms with Crippen LogP contribution in [0.2, 0.25) is 0 Å². The molecule has 16 heavy (non-hydrogen) atoms. The molecule has 0 spiro atoms. The van der Waals surface area contributed by atoms with Gasteiger partial charge in [0.1, 0.15) is 5.75 Å². The average molecular weight is 224 g/mol. The normalized spacial score (nSPS) is 12.2. The lowest BCUT2D eigenvalue weighted by Gasteiger charge is -2.13. The van der Waals surface area contributed by atoms with E-state index < -0.39 is 12.1 Å². The van der Waals surface area contributed by atoms with E-state index in [1.165, 1.54) is 7.11 Å². The van der Waals surface area contributed by atoms with E-state index in [0.717, 1.165) is 11.1 Å². The highest BCUT2D eigenvalue weighted by Gasteiger charge is 2.17. The zero-order valence-corrected chi connectivity index (χ0v) is 9.65. The zero-order valence-electron chi connectivity index (χ0n) is 9.65. The fourth-order valence-electron chi connectivity index (χ4n) is 1.44. The minimum atomic E-state index is -1.04. The summed E-state index contributed by atoms with van der Waals surface area (Å²) in [4.78, 5) is 11.0. The Bertz CT molecular complexity index is 398. The van der Waals surface area contributed by atoms with Crippen molar-refractivity contribution in [2.24, 2.45) is 0 Å². The van der Waals surface area contributed by atoms with Crippen LogP contribution in [0, 0.1) is 13.8 Å². The molecule has 1 rings (SSSR count). The number of phenols is 1. The molecule has 0 saturated heterocycles. The van der Waals surface area contributed by atoms with Crippen molar-refractivity contribution in [3.05, 3.63) is 28.8 Å². The van der Waals surface area contributed by atoms with E-state index in [1.807, 2.05) is 13.8 Å². The minimum absolute atomic E-state index is 0.000460. The van der Waals surface area contributed by atoms with Crippen LogP contribution >= 0.6 is 0 Å². The smallest absolute Gasteiger partial charge is 0.308 e. The Morgan fingerprint density at radius 2 is 1.94 bits per heavy atom. The van der Waals surface area contributed by atoms with Gasteiger partial charge in [0.2, 0.25) is 0 Å². The largest absolute Gasteiger partial charge is 0.508 e. The Morgan fingerprint density at radius 3 is 2.50 bits per heavy atom. The van der Waals surface area contributed by atoms with Crippen molar-refractivity contribution in [3.8, 4) is 5.75 Å². The SMILES string of the molecule is COC(=O)C[C@@H](O)c1cc(C)c(C)cc1O. The van der Waals surface area contributed by atoms with E-state index in [-0.39, 0.29) is 12.2 Å². The maximum Gasteiger partial charge on any atom is 0.308 e. The van der Waals surface area contributed by atoms with Gasteiger partial charge in [0, 0.05) is 5.56 Å². The van der Waals surface area contributed by atoms with Gasteiger partial charge in [-0.1, -0.05) is 0 Å². The first kappa shape index (κ1) is 12.5. The van der Waals surface area contributed by atoms with Crippen LogP contribution in [0.15, 0.2) is 12.1 Å². The monoisotopic (exact) mass is 224 g/mol. The highest BCUT2D eigenvalue weighted by Crippen LogP contribution is 2.29. The summed E-state index contributed by atoms with van der Waals surface area (Å²) in [6.45, 7) is 3.74. The first-order valence-corrected chi connectivity index (χ1v) is 5.00. The Balaban J connectivity index is 2.95. The van der Waals surface area contributed by atoms with Crippen molar-refractivity contribution in [1.82, 2.24) is 0 Å². The lowest BCUT2D eigenvalue weighted by atomic mass is 10.00. The van der Waals surface area contributed by atoms with Crippen LogP contribution in [-0.2, 0) is 9.53 Å². The molecule has 0 bridgehead atoms. The molecule has 0 radical (unpaired) electrons. The Kier molecular flexibility index (Phi) is 3.90. The molecule has 0 amide bonds. The molecule has 88 valence electrons. The number of ether oxygens (including phenoxy) is 1. The number of methoxy groups -OCH3 is 1. The molecule has 2 N–H and O–H groups in total. The van der Waals surface area contributed by atoms with Crippen molar-refractivity contribution in [3.63, 3.8) is 0 Å². The number of aryl methyl sites for hydroxylation is 2. The van der Waals surface area contributed by atoms with Crippen molar-refractivity contribution in [2.75, 3.05) is 7.11 Å². The topological polar surface area (TPSA) is 66.8 Å².